The van der Waals surface area contributed by atoms with Crippen molar-refractivity contribution in [3.05, 3.63) is 53.3 Å². The average molecular weight is 425 g/mol. The van der Waals surface area contributed by atoms with Crippen molar-refractivity contribution in [2.45, 2.75) is 58.2 Å². The van der Waals surface area contributed by atoms with E-state index in [2.05, 4.69) is 17.6 Å². The average Bonchev–Trinajstić information content (AvgIpc) is 2.70. The van der Waals surface area contributed by atoms with Gasteiger partial charge in [0.05, 0.1) is 22.6 Å². The normalized spacial score (nSPS) is 11.4. The molecule has 0 saturated carbocycles. The molecule has 164 valence electrons. The Labute approximate surface area is 173 Å². The van der Waals surface area contributed by atoms with Gasteiger partial charge in [0.25, 0.3) is 0 Å². The maximum Gasteiger partial charge on any atom is 0.416 e. The van der Waals surface area contributed by atoms with Crippen LogP contribution >= 0.6 is 0 Å². The molecule has 1 amide bonds. The summed E-state index contributed by atoms with van der Waals surface area (Å²) in [6, 6.07) is 7.54. The second-order valence-electron chi connectivity index (χ2n) is 7.15. The zero-order valence-corrected chi connectivity index (χ0v) is 16.9. The molecule has 0 aliphatic rings. The smallest absolute Gasteiger partial charge is 0.395 e. The molecule has 0 aliphatic carbocycles. The number of rotatable bonds is 10. The molecule has 0 aromatic heterocycles. The molecule has 0 fully saturated rings. The first kappa shape index (κ1) is 23.5. The van der Waals surface area contributed by atoms with Crippen LogP contribution in [0.1, 0.15) is 56.6 Å². The van der Waals surface area contributed by atoms with Gasteiger partial charge in [-0.25, -0.2) is 4.39 Å². The maximum atomic E-state index is 14.5. The summed E-state index contributed by atoms with van der Waals surface area (Å²) in [5.74, 6) is -0.939. The van der Waals surface area contributed by atoms with Gasteiger partial charge in [-0.05, 0) is 36.2 Å². The third kappa shape index (κ3) is 6.93. The molecule has 2 aromatic rings. The molecule has 30 heavy (non-hydrogen) atoms. The minimum absolute atomic E-state index is 0.102. The highest BCUT2D eigenvalue weighted by Crippen LogP contribution is 2.30. The molecule has 2 aromatic carbocycles. The van der Waals surface area contributed by atoms with Gasteiger partial charge in [-0.1, -0.05) is 44.7 Å². The minimum Gasteiger partial charge on any atom is -0.395 e. The molecule has 0 heterocycles. The Bertz CT molecular complexity index is 836. The summed E-state index contributed by atoms with van der Waals surface area (Å²) in [5.41, 5.74) is 5.74. The van der Waals surface area contributed by atoms with Crippen molar-refractivity contribution >= 4 is 23.0 Å². The predicted octanol–water partition coefficient (Wildman–Crippen LogP) is 6.34. The number of hydrogen-bond acceptors (Lipinski definition) is 3. The molecule has 4 nitrogen and oxygen atoms in total. The first-order valence-electron chi connectivity index (χ1n) is 10.00. The van der Waals surface area contributed by atoms with E-state index in [0.29, 0.717) is 12.0 Å². The lowest BCUT2D eigenvalue weighted by Gasteiger charge is -2.14. The van der Waals surface area contributed by atoms with Crippen LogP contribution in [0.5, 0.6) is 0 Å². The second kappa shape index (κ2) is 10.8. The summed E-state index contributed by atoms with van der Waals surface area (Å²) in [7, 11) is 0. The number of carbonyl (C=O) groups is 1. The molecular weight excluding hydrogens is 398 g/mol. The first-order chi connectivity index (χ1) is 14.2. The molecule has 0 atom stereocenters. The van der Waals surface area contributed by atoms with Crippen LogP contribution in [0, 0.1) is 5.82 Å². The first-order valence-corrected chi connectivity index (χ1v) is 10.00. The van der Waals surface area contributed by atoms with Gasteiger partial charge < -0.3 is 16.4 Å². The summed E-state index contributed by atoms with van der Waals surface area (Å²) in [6.07, 6.45) is 1.03. The van der Waals surface area contributed by atoms with Gasteiger partial charge in [0.1, 0.15) is 0 Å². The number of nitrogen functional groups attached to an aromatic ring is 1. The fourth-order valence-electron chi connectivity index (χ4n) is 2.95. The van der Waals surface area contributed by atoms with E-state index < -0.39 is 17.6 Å². The molecule has 2 rings (SSSR count). The molecule has 8 heteroatoms. The standard InChI is InChI=1S/C22H27F4N3O/c1-2-3-4-5-6-7-19(30)29-18-13-12-17(20(23)21(18)27)28-14-15-8-10-16(11-9-15)22(24,25)26/h8-13,28H,2-7,14,27H2,1H3,(H,29,30). The van der Waals surface area contributed by atoms with E-state index in [9.17, 15) is 22.4 Å². The van der Waals surface area contributed by atoms with Crippen LogP contribution in [0.2, 0.25) is 0 Å². The number of unbranched alkanes of at least 4 members (excludes halogenated alkanes) is 4. The SMILES string of the molecule is CCCCCCCC(=O)Nc1ccc(NCc2ccc(C(F)(F)F)cc2)c(F)c1N. The lowest BCUT2D eigenvalue weighted by molar-refractivity contribution is -0.137. The Hall–Kier alpha value is -2.77. The highest BCUT2D eigenvalue weighted by atomic mass is 19.4. The van der Waals surface area contributed by atoms with Crippen molar-refractivity contribution in [2.24, 2.45) is 0 Å². The summed E-state index contributed by atoms with van der Waals surface area (Å²) >= 11 is 0. The van der Waals surface area contributed by atoms with Gasteiger partial charge in [0, 0.05) is 13.0 Å². The van der Waals surface area contributed by atoms with E-state index in [0.717, 1.165) is 44.2 Å². The zero-order chi connectivity index (χ0) is 22.1. The number of carbonyl (C=O) groups excluding carboxylic acids is 1. The molecule has 0 bridgehead atoms. The van der Waals surface area contributed by atoms with Crippen LogP contribution in [-0.2, 0) is 17.5 Å². The zero-order valence-electron chi connectivity index (χ0n) is 16.9. The number of nitrogens with one attached hydrogen (secondary N) is 2. The number of alkyl halides is 3. The Kier molecular flexibility index (Phi) is 8.50. The number of anilines is 3. The second-order valence-corrected chi connectivity index (χ2v) is 7.15. The minimum atomic E-state index is -4.40. The van der Waals surface area contributed by atoms with Crippen LogP contribution in [0.4, 0.5) is 34.6 Å². The van der Waals surface area contributed by atoms with Crippen LogP contribution in [-0.4, -0.2) is 5.91 Å². The van der Waals surface area contributed by atoms with E-state index >= 15 is 0 Å². The van der Waals surface area contributed by atoms with Crippen molar-refractivity contribution in [1.29, 1.82) is 0 Å². The topological polar surface area (TPSA) is 67.2 Å². The number of halogens is 4. The Morgan fingerprint density at radius 3 is 2.23 bits per heavy atom. The van der Waals surface area contributed by atoms with Gasteiger partial charge in [0.2, 0.25) is 5.91 Å². The van der Waals surface area contributed by atoms with E-state index in [4.69, 9.17) is 5.73 Å². The van der Waals surface area contributed by atoms with Gasteiger partial charge in [-0.2, -0.15) is 13.2 Å². The number of amides is 1. The van der Waals surface area contributed by atoms with Gasteiger partial charge in [0.15, 0.2) is 5.82 Å². The summed E-state index contributed by atoms with van der Waals surface area (Å²) in [4.78, 5) is 12.0. The van der Waals surface area contributed by atoms with Crippen molar-refractivity contribution in [1.82, 2.24) is 0 Å². The fourth-order valence-corrected chi connectivity index (χ4v) is 2.95. The van der Waals surface area contributed by atoms with Crippen molar-refractivity contribution in [3.63, 3.8) is 0 Å². The summed E-state index contributed by atoms with van der Waals surface area (Å²) < 4.78 is 52.4. The molecule has 0 aliphatic heterocycles. The molecule has 0 saturated heterocycles. The van der Waals surface area contributed by atoms with E-state index in [1.54, 1.807) is 0 Å². The molecule has 0 radical (unpaired) electrons. The molecule has 4 N–H and O–H groups in total. The van der Waals surface area contributed by atoms with Crippen LogP contribution in [0.15, 0.2) is 36.4 Å². The van der Waals surface area contributed by atoms with Crippen molar-refractivity contribution < 1.29 is 22.4 Å². The molecular formula is C22H27F4N3O. The number of nitrogens with two attached hydrogens (primary N) is 1. The number of hydrogen-bond donors (Lipinski definition) is 3. The van der Waals surface area contributed by atoms with Gasteiger partial charge >= 0.3 is 6.18 Å². The van der Waals surface area contributed by atoms with E-state index in [1.165, 1.54) is 24.3 Å². The number of benzene rings is 2. The predicted molar refractivity (Wildman–Crippen MR) is 112 cm³/mol. The van der Waals surface area contributed by atoms with Crippen LogP contribution in [0.25, 0.3) is 0 Å². The Morgan fingerprint density at radius 2 is 1.60 bits per heavy atom. The third-order valence-electron chi connectivity index (χ3n) is 4.73. The molecule has 0 unspecified atom stereocenters. The Balaban J connectivity index is 1.92. The highest BCUT2D eigenvalue weighted by molar-refractivity contribution is 5.94. The van der Waals surface area contributed by atoms with Gasteiger partial charge in [-0.15, -0.1) is 0 Å². The lowest BCUT2D eigenvalue weighted by atomic mass is 10.1. The van der Waals surface area contributed by atoms with Crippen molar-refractivity contribution in [2.75, 3.05) is 16.4 Å². The van der Waals surface area contributed by atoms with E-state index in [1.807, 2.05) is 0 Å². The van der Waals surface area contributed by atoms with Gasteiger partial charge in [-0.3, -0.25) is 4.79 Å². The van der Waals surface area contributed by atoms with Crippen molar-refractivity contribution in [3.8, 4) is 0 Å². The van der Waals surface area contributed by atoms with Crippen LogP contribution < -0.4 is 16.4 Å². The van der Waals surface area contributed by atoms with Crippen LogP contribution in [0.3, 0.4) is 0 Å². The maximum absolute atomic E-state index is 14.5. The summed E-state index contributed by atoms with van der Waals surface area (Å²) in [6.45, 7) is 2.24. The highest BCUT2D eigenvalue weighted by Gasteiger charge is 2.29. The fraction of sp³-hybridized carbons (Fsp3) is 0.409. The largest absolute Gasteiger partial charge is 0.416 e. The quantitative estimate of drug-likeness (QED) is 0.236. The Morgan fingerprint density at radius 1 is 0.967 bits per heavy atom. The lowest BCUT2D eigenvalue weighted by Crippen LogP contribution is -2.14. The molecule has 0 spiro atoms. The third-order valence-corrected chi connectivity index (χ3v) is 4.73. The monoisotopic (exact) mass is 425 g/mol. The van der Waals surface area contributed by atoms with E-state index in [-0.39, 0.29) is 29.5 Å². The summed E-state index contributed by atoms with van der Waals surface area (Å²) in [5, 5.41) is 5.44.